The number of hydrogen-bond acceptors (Lipinski definition) is 5. The topological polar surface area (TPSA) is 117 Å². The molecule has 172 valence electrons. The van der Waals surface area contributed by atoms with Crippen LogP contribution in [0.3, 0.4) is 0 Å². The maximum Gasteiger partial charge on any atom is 0.329 e. The van der Waals surface area contributed by atoms with Gasteiger partial charge in [-0.1, -0.05) is 48.5 Å². The Morgan fingerprint density at radius 1 is 0.970 bits per heavy atom. The van der Waals surface area contributed by atoms with Crippen LogP contribution in [0.1, 0.15) is 43.1 Å². The van der Waals surface area contributed by atoms with Crippen LogP contribution in [0.25, 0.3) is 10.9 Å². The highest BCUT2D eigenvalue weighted by Crippen LogP contribution is 2.18. The second-order valence-corrected chi connectivity index (χ2v) is 8.70. The summed E-state index contributed by atoms with van der Waals surface area (Å²) in [7, 11) is 0. The van der Waals surface area contributed by atoms with Crippen LogP contribution in [0, 0.1) is 0 Å². The van der Waals surface area contributed by atoms with Gasteiger partial charge in [0.2, 0.25) is 5.91 Å². The van der Waals surface area contributed by atoms with Crippen LogP contribution in [-0.4, -0.2) is 40.1 Å². The molecule has 0 aliphatic carbocycles. The molecule has 0 unspecified atom stereocenters. The predicted octanol–water partition coefficient (Wildman–Crippen LogP) is 2.88. The van der Waals surface area contributed by atoms with Gasteiger partial charge >= 0.3 is 5.97 Å². The van der Waals surface area contributed by atoms with Gasteiger partial charge in [0.25, 0.3) is 11.7 Å². The number of ketones is 1. The van der Waals surface area contributed by atoms with Crippen molar-refractivity contribution in [2.75, 3.05) is 0 Å². The van der Waals surface area contributed by atoms with Crippen LogP contribution in [0.2, 0.25) is 0 Å². The van der Waals surface area contributed by atoms with Gasteiger partial charge in [-0.15, -0.1) is 0 Å². The van der Waals surface area contributed by atoms with Gasteiger partial charge in [0.05, 0.1) is 12.0 Å². The van der Waals surface area contributed by atoms with Crippen molar-refractivity contribution in [3.05, 3.63) is 71.9 Å². The zero-order valence-corrected chi connectivity index (χ0v) is 18.8. The lowest BCUT2D eigenvalue weighted by molar-refractivity contribution is -0.150. The van der Waals surface area contributed by atoms with Gasteiger partial charge in [-0.25, -0.2) is 4.79 Å². The standard InChI is InChI=1S/C25H27N3O5/c1-25(2,3)28-21(29)13-20(24(32)33-15-16-9-5-4-6-10-16)27-23(31)22(30)18-14-26-19-12-8-7-11-17(18)19/h4-12,14,20,26H,13,15H2,1-3H3,(H,27,31)(H,28,29)/t20-/m0/s1. The van der Waals surface area contributed by atoms with E-state index < -0.39 is 35.1 Å². The van der Waals surface area contributed by atoms with Gasteiger partial charge in [-0.05, 0) is 32.4 Å². The minimum absolute atomic E-state index is 0.0245. The number of ether oxygens (including phenoxy) is 1. The van der Waals surface area contributed by atoms with Gasteiger partial charge in [0.1, 0.15) is 12.6 Å². The molecule has 2 amide bonds. The number of Topliss-reactive ketones (excluding diaryl/α,β-unsaturated/α-hetero) is 1. The highest BCUT2D eigenvalue weighted by Gasteiger charge is 2.30. The molecule has 0 aliphatic rings. The van der Waals surface area contributed by atoms with Crippen molar-refractivity contribution < 1.29 is 23.9 Å². The molecule has 33 heavy (non-hydrogen) atoms. The summed E-state index contributed by atoms with van der Waals surface area (Å²) >= 11 is 0. The summed E-state index contributed by atoms with van der Waals surface area (Å²) in [4.78, 5) is 53.6. The van der Waals surface area contributed by atoms with E-state index >= 15 is 0 Å². The van der Waals surface area contributed by atoms with Gasteiger partial charge in [0.15, 0.2) is 0 Å². The number of carbonyl (C=O) groups is 4. The summed E-state index contributed by atoms with van der Waals surface area (Å²) in [5.41, 5.74) is 1.11. The Bertz CT molecular complexity index is 1160. The monoisotopic (exact) mass is 449 g/mol. The minimum atomic E-state index is -1.32. The summed E-state index contributed by atoms with van der Waals surface area (Å²) < 4.78 is 5.31. The zero-order valence-electron chi connectivity index (χ0n) is 18.8. The van der Waals surface area contributed by atoms with Crippen LogP contribution in [0.4, 0.5) is 0 Å². The molecule has 0 radical (unpaired) electrons. The predicted molar refractivity (Wildman–Crippen MR) is 123 cm³/mol. The smallest absolute Gasteiger partial charge is 0.329 e. The molecule has 0 bridgehead atoms. The van der Waals surface area contributed by atoms with E-state index in [0.29, 0.717) is 10.9 Å². The van der Waals surface area contributed by atoms with Crippen molar-refractivity contribution >= 4 is 34.5 Å². The van der Waals surface area contributed by atoms with Crippen molar-refractivity contribution in [2.45, 2.75) is 45.4 Å². The van der Waals surface area contributed by atoms with E-state index in [-0.39, 0.29) is 18.6 Å². The first kappa shape index (κ1) is 23.7. The van der Waals surface area contributed by atoms with E-state index in [1.165, 1.54) is 6.20 Å². The van der Waals surface area contributed by atoms with Crippen LogP contribution in [0.5, 0.6) is 0 Å². The number of nitrogens with one attached hydrogen (secondary N) is 3. The van der Waals surface area contributed by atoms with E-state index in [4.69, 9.17) is 4.74 Å². The first-order valence-corrected chi connectivity index (χ1v) is 10.6. The van der Waals surface area contributed by atoms with Gasteiger partial charge < -0.3 is 20.4 Å². The molecular formula is C25H27N3O5. The van der Waals surface area contributed by atoms with Gasteiger partial charge in [0, 0.05) is 22.6 Å². The normalized spacial score (nSPS) is 12.1. The van der Waals surface area contributed by atoms with Crippen LogP contribution in [-0.2, 0) is 25.7 Å². The number of aromatic amines is 1. The summed E-state index contributed by atoms with van der Waals surface area (Å²) in [5, 5.41) is 5.72. The molecule has 8 nitrogen and oxygen atoms in total. The third-order valence-corrected chi connectivity index (χ3v) is 4.76. The Hall–Kier alpha value is -3.94. The second kappa shape index (κ2) is 10.1. The summed E-state index contributed by atoms with van der Waals surface area (Å²) in [6, 6.07) is 14.8. The number of hydrogen-bond donors (Lipinski definition) is 3. The molecule has 2 aromatic carbocycles. The molecule has 0 fully saturated rings. The SMILES string of the molecule is CC(C)(C)NC(=O)C[C@H](NC(=O)C(=O)c1c[nH]c2ccccc12)C(=O)OCc1ccccc1. The third-order valence-electron chi connectivity index (χ3n) is 4.76. The molecular weight excluding hydrogens is 422 g/mol. The highest BCUT2D eigenvalue weighted by atomic mass is 16.5. The summed E-state index contributed by atoms with van der Waals surface area (Å²) in [6.45, 7) is 5.37. The molecule has 1 heterocycles. The minimum Gasteiger partial charge on any atom is -0.459 e. The van der Waals surface area contributed by atoms with Crippen LogP contribution in [0.15, 0.2) is 60.8 Å². The van der Waals surface area contributed by atoms with Crippen molar-refractivity contribution in [3.8, 4) is 0 Å². The number of aromatic nitrogens is 1. The average Bonchev–Trinajstić information content (AvgIpc) is 3.20. The highest BCUT2D eigenvalue weighted by molar-refractivity contribution is 6.45. The molecule has 3 aromatic rings. The number of rotatable bonds is 8. The largest absolute Gasteiger partial charge is 0.459 e. The third kappa shape index (κ3) is 6.52. The van der Waals surface area contributed by atoms with E-state index in [1.807, 2.05) is 6.07 Å². The van der Waals surface area contributed by atoms with E-state index in [1.54, 1.807) is 69.3 Å². The maximum atomic E-state index is 12.8. The first-order valence-electron chi connectivity index (χ1n) is 10.6. The van der Waals surface area contributed by atoms with Crippen LogP contribution >= 0.6 is 0 Å². The molecule has 1 atom stereocenters. The number of H-pyrrole nitrogens is 1. The molecule has 0 spiro atoms. The van der Waals surface area contributed by atoms with E-state index in [9.17, 15) is 19.2 Å². The molecule has 3 N–H and O–H groups in total. The number of carbonyl (C=O) groups excluding carboxylic acids is 4. The average molecular weight is 450 g/mol. The molecule has 0 saturated heterocycles. The van der Waals surface area contributed by atoms with Gasteiger partial charge in [-0.2, -0.15) is 0 Å². The summed E-state index contributed by atoms with van der Waals surface area (Å²) in [6.07, 6.45) is 1.08. The Morgan fingerprint density at radius 3 is 2.33 bits per heavy atom. The van der Waals surface area contributed by atoms with E-state index in [2.05, 4.69) is 15.6 Å². The fourth-order valence-electron chi connectivity index (χ4n) is 3.28. The van der Waals surface area contributed by atoms with Crippen molar-refractivity contribution in [1.82, 2.24) is 15.6 Å². The Labute approximate surface area is 191 Å². The first-order chi connectivity index (χ1) is 15.6. The zero-order chi connectivity index (χ0) is 24.0. The number of benzene rings is 2. The second-order valence-electron chi connectivity index (χ2n) is 8.70. The van der Waals surface area contributed by atoms with Gasteiger partial charge in [-0.3, -0.25) is 14.4 Å². The Morgan fingerprint density at radius 2 is 1.64 bits per heavy atom. The molecule has 1 aromatic heterocycles. The fourth-order valence-corrected chi connectivity index (χ4v) is 3.28. The van der Waals surface area contributed by atoms with Crippen molar-refractivity contribution in [1.29, 1.82) is 0 Å². The summed E-state index contributed by atoms with van der Waals surface area (Å²) in [5.74, 6) is -3.07. The maximum absolute atomic E-state index is 12.8. The lowest BCUT2D eigenvalue weighted by atomic mass is 10.1. The van der Waals surface area contributed by atoms with Crippen molar-refractivity contribution in [3.63, 3.8) is 0 Å². The van der Waals surface area contributed by atoms with E-state index in [0.717, 1.165) is 5.56 Å². The number of esters is 1. The molecule has 3 rings (SSSR count). The Kier molecular flexibility index (Phi) is 7.27. The fraction of sp³-hybridized carbons (Fsp3) is 0.280. The lowest BCUT2D eigenvalue weighted by Crippen LogP contribution is -2.49. The quantitative estimate of drug-likeness (QED) is 0.278. The molecule has 8 heteroatoms. The number of para-hydroxylation sites is 1. The molecule has 0 aliphatic heterocycles. The molecule has 0 saturated carbocycles. The Balaban J connectivity index is 1.74. The van der Waals surface area contributed by atoms with Crippen LogP contribution < -0.4 is 10.6 Å². The lowest BCUT2D eigenvalue weighted by Gasteiger charge is -2.23. The number of fused-ring (bicyclic) bond motifs is 1. The number of amides is 2. The van der Waals surface area contributed by atoms with Crippen molar-refractivity contribution in [2.24, 2.45) is 0 Å².